The summed E-state index contributed by atoms with van der Waals surface area (Å²) in [5.41, 5.74) is 7.60. The summed E-state index contributed by atoms with van der Waals surface area (Å²) in [6.07, 6.45) is 0.829. The second-order valence-corrected chi connectivity index (χ2v) is 2.81. The van der Waals surface area contributed by atoms with Crippen LogP contribution in [-0.4, -0.2) is 19.8 Å². The van der Waals surface area contributed by atoms with Crippen LogP contribution in [-0.2, 0) is 6.42 Å². The lowest BCUT2D eigenvalue weighted by Crippen LogP contribution is -2.08. The third-order valence-corrected chi connectivity index (χ3v) is 1.84. The van der Waals surface area contributed by atoms with Gasteiger partial charge in [0, 0.05) is 12.2 Å². The molecule has 1 aromatic carbocycles. The third kappa shape index (κ3) is 3.03. The zero-order chi connectivity index (χ0) is 9.52. The Labute approximate surface area is 77.9 Å². The van der Waals surface area contributed by atoms with E-state index in [1.807, 2.05) is 24.3 Å². The van der Waals surface area contributed by atoms with E-state index in [1.54, 1.807) is 0 Å². The molecule has 3 heteroatoms. The second kappa shape index (κ2) is 5.54. The summed E-state index contributed by atoms with van der Waals surface area (Å²) in [5, 5.41) is 3.02. The molecule has 0 saturated heterocycles. The van der Waals surface area contributed by atoms with E-state index in [9.17, 15) is 4.39 Å². The zero-order valence-corrected chi connectivity index (χ0v) is 7.59. The molecule has 0 fully saturated rings. The van der Waals surface area contributed by atoms with Gasteiger partial charge in [-0.15, -0.1) is 0 Å². The Hall–Kier alpha value is -1.09. The molecule has 0 unspecified atom stereocenters. The van der Waals surface area contributed by atoms with E-state index in [-0.39, 0.29) is 6.67 Å². The SMILES string of the molecule is NCCc1ccccc1NCCF. The Kier molecular flexibility index (Phi) is 4.26. The summed E-state index contributed by atoms with van der Waals surface area (Å²) < 4.78 is 11.9. The number of hydrogen-bond acceptors (Lipinski definition) is 2. The van der Waals surface area contributed by atoms with Gasteiger partial charge >= 0.3 is 0 Å². The van der Waals surface area contributed by atoms with E-state index in [0.717, 1.165) is 17.7 Å². The van der Waals surface area contributed by atoms with Crippen LogP contribution < -0.4 is 11.1 Å². The van der Waals surface area contributed by atoms with Crippen molar-refractivity contribution in [3.05, 3.63) is 29.8 Å². The summed E-state index contributed by atoms with van der Waals surface area (Å²) in [4.78, 5) is 0. The van der Waals surface area contributed by atoms with Gasteiger partial charge in [0.05, 0.1) is 0 Å². The van der Waals surface area contributed by atoms with Gasteiger partial charge < -0.3 is 11.1 Å². The molecule has 1 rings (SSSR count). The van der Waals surface area contributed by atoms with Gasteiger partial charge in [0.2, 0.25) is 0 Å². The Morgan fingerprint density at radius 1 is 1.31 bits per heavy atom. The monoisotopic (exact) mass is 182 g/mol. The van der Waals surface area contributed by atoms with Gasteiger partial charge in [-0.25, -0.2) is 4.39 Å². The molecule has 2 nitrogen and oxygen atoms in total. The normalized spacial score (nSPS) is 10.0. The highest BCUT2D eigenvalue weighted by Gasteiger charge is 1.98. The largest absolute Gasteiger partial charge is 0.382 e. The molecule has 0 aliphatic carbocycles. The van der Waals surface area contributed by atoms with Crippen molar-refractivity contribution in [2.75, 3.05) is 25.1 Å². The van der Waals surface area contributed by atoms with Crippen molar-refractivity contribution in [1.29, 1.82) is 0 Å². The van der Waals surface area contributed by atoms with E-state index in [0.29, 0.717) is 13.1 Å². The maximum atomic E-state index is 11.9. The van der Waals surface area contributed by atoms with Crippen LogP contribution in [0.4, 0.5) is 10.1 Å². The Balaban J connectivity index is 2.66. The smallest absolute Gasteiger partial charge is 0.107 e. The number of nitrogens with two attached hydrogens (primary N) is 1. The van der Waals surface area contributed by atoms with Crippen molar-refractivity contribution in [1.82, 2.24) is 0 Å². The van der Waals surface area contributed by atoms with Gasteiger partial charge in [0.25, 0.3) is 0 Å². The summed E-state index contributed by atoms with van der Waals surface area (Å²) >= 11 is 0. The number of para-hydroxylation sites is 1. The zero-order valence-electron chi connectivity index (χ0n) is 7.59. The number of hydrogen-bond donors (Lipinski definition) is 2. The molecule has 0 heterocycles. The van der Waals surface area contributed by atoms with Crippen molar-refractivity contribution in [2.45, 2.75) is 6.42 Å². The predicted molar refractivity (Wildman–Crippen MR) is 53.7 cm³/mol. The van der Waals surface area contributed by atoms with Crippen molar-refractivity contribution in [3.8, 4) is 0 Å². The lowest BCUT2D eigenvalue weighted by Gasteiger charge is -2.09. The first-order valence-corrected chi connectivity index (χ1v) is 4.46. The molecule has 72 valence electrons. The summed E-state index contributed by atoms with van der Waals surface area (Å²) in [5.74, 6) is 0. The van der Waals surface area contributed by atoms with Crippen LogP contribution in [0.1, 0.15) is 5.56 Å². The molecule has 0 saturated carbocycles. The Morgan fingerprint density at radius 2 is 2.08 bits per heavy atom. The van der Waals surface area contributed by atoms with Gasteiger partial charge in [-0.3, -0.25) is 0 Å². The van der Waals surface area contributed by atoms with Crippen molar-refractivity contribution in [2.24, 2.45) is 5.73 Å². The van der Waals surface area contributed by atoms with Gasteiger partial charge in [-0.05, 0) is 24.6 Å². The van der Waals surface area contributed by atoms with E-state index in [1.165, 1.54) is 0 Å². The van der Waals surface area contributed by atoms with E-state index >= 15 is 0 Å². The first-order valence-electron chi connectivity index (χ1n) is 4.46. The fourth-order valence-electron chi connectivity index (χ4n) is 1.25. The number of rotatable bonds is 5. The van der Waals surface area contributed by atoms with Crippen LogP contribution in [0.5, 0.6) is 0 Å². The molecular weight excluding hydrogens is 167 g/mol. The number of benzene rings is 1. The highest BCUT2D eigenvalue weighted by molar-refractivity contribution is 5.51. The molecule has 0 aliphatic heterocycles. The van der Waals surface area contributed by atoms with Crippen molar-refractivity contribution >= 4 is 5.69 Å². The van der Waals surface area contributed by atoms with Gasteiger partial charge in [0.15, 0.2) is 0 Å². The molecule has 0 bridgehead atoms. The maximum absolute atomic E-state index is 11.9. The molecule has 1 aromatic rings. The fraction of sp³-hybridized carbons (Fsp3) is 0.400. The maximum Gasteiger partial charge on any atom is 0.107 e. The summed E-state index contributed by atoms with van der Waals surface area (Å²) in [6.45, 7) is 0.632. The molecule has 0 atom stereocenters. The van der Waals surface area contributed by atoms with Crippen LogP contribution in [0.2, 0.25) is 0 Å². The standard InChI is InChI=1S/C10H15FN2/c11-6-8-13-10-4-2-1-3-9(10)5-7-12/h1-4,13H,5-8,12H2. The summed E-state index contributed by atoms with van der Waals surface area (Å²) in [7, 11) is 0. The minimum Gasteiger partial charge on any atom is -0.382 e. The predicted octanol–water partition coefficient (Wildman–Crippen LogP) is 1.57. The van der Waals surface area contributed by atoms with Crippen molar-refractivity contribution < 1.29 is 4.39 Å². The molecule has 3 N–H and O–H groups in total. The van der Waals surface area contributed by atoms with Crippen LogP contribution in [0.15, 0.2) is 24.3 Å². The van der Waals surface area contributed by atoms with Gasteiger partial charge in [-0.2, -0.15) is 0 Å². The number of nitrogens with one attached hydrogen (secondary N) is 1. The highest BCUT2D eigenvalue weighted by atomic mass is 19.1. The first-order chi connectivity index (χ1) is 6.38. The molecule has 13 heavy (non-hydrogen) atoms. The topological polar surface area (TPSA) is 38.0 Å². The lowest BCUT2D eigenvalue weighted by atomic mass is 10.1. The van der Waals surface area contributed by atoms with Crippen LogP contribution >= 0.6 is 0 Å². The van der Waals surface area contributed by atoms with Crippen LogP contribution in [0, 0.1) is 0 Å². The van der Waals surface area contributed by atoms with Gasteiger partial charge in [-0.1, -0.05) is 18.2 Å². The van der Waals surface area contributed by atoms with E-state index < -0.39 is 0 Å². The lowest BCUT2D eigenvalue weighted by molar-refractivity contribution is 0.512. The van der Waals surface area contributed by atoms with E-state index in [4.69, 9.17) is 5.73 Å². The molecule has 0 spiro atoms. The molecule has 0 aliphatic rings. The number of halogens is 1. The minimum atomic E-state index is -0.350. The number of anilines is 1. The molecule has 0 aromatic heterocycles. The number of alkyl halides is 1. The molecule has 0 amide bonds. The van der Waals surface area contributed by atoms with Crippen molar-refractivity contribution in [3.63, 3.8) is 0 Å². The molecular formula is C10H15FN2. The average molecular weight is 182 g/mol. The van der Waals surface area contributed by atoms with E-state index in [2.05, 4.69) is 5.32 Å². The quantitative estimate of drug-likeness (QED) is 0.725. The highest BCUT2D eigenvalue weighted by Crippen LogP contribution is 2.14. The Bertz CT molecular complexity index is 250. The fourth-order valence-corrected chi connectivity index (χ4v) is 1.25. The third-order valence-electron chi connectivity index (χ3n) is 1.84. The van der Waals surface area contributed by atoms with Crippen LogP contribution in [0.3, 0.4) is 0 Å². The Morgan fingerprint density at radius 3 is 2.77 bits per heavy atom. The summed E-state index contributed by atoms with van der Waals surface area (Å²) in [6, 6.07) is 7.85. The second-order valence-electron chi connectivity index (χ2n) is 2.81. The van der Waals surface area contributed by atoms with Gasteiger partial charge in [0.1, 0.15) is 6.67 Å². The average Bonchev–Trinajstić information content (AvgIpc) is 2.17. The molecule has 0 radical (unpaired) electrons. The first kappa shape index (κ1) is 9.99. The van der Waals surface area contributed by atoms with Crippen LogP contribution in [0.25, 0.3) is 0 Å². The minimum absolute atomic E-state index is 0.350.